The van der Waals surface area contributed by atoms with Crippen LogP contribution in [0, 0.1) is 20.8 Å². The highest BCUT2D eigenvalue weighted by Crippen LogP contribution is 2.33. The number of hydrogen-bond donors (Lipinski definition) is 0. The number of rotatable bonds is 3. The average Bonchev–Trinajstić information content (AvgIpc) is 2.39. The topological polar surface area (TPSA) is 105 Å². The molecule has 1 saturated heterocycles. The maximum Gasteiger partial charge on any atom is 0.344 e. The minimum atomic E-state index is -0.551. The Kier molecular flexibility index (Phi) is 3.91. The van der Waals surface area contributed by atoms with E-state index in [1.807, 2.05) is 0 Å². The molecular weight excluding hydrogens is 258 g/mol. The number of hydrogen-bond acceptors (Lipinski definition) is 8. The molecule has 0 aliphatic carbocycles. The van der Waals surface area contributed by atoms with Crippen molar-refractivity contribution in [1.29, 1.82) is 5.26 Å². The average molecular weight is 267 g/mol. The van der Waals surface area contributed by atoms with Gasteiger partial charge >= 0.3 is 5.69 Å². The van der Waals surface area contributed by atoms with Crippen LogP contribution >= 0.6 is 11.8 Å². The Morgan fingerprint density at radius 3 is 2.83 bits per heavy atom. The zero-order valence-corrected chi connectivity index (χ0v) is 10.1. The van der Waals surface area contributed by atoms with Crippen molar-refractivity contribution in [3.05, 3.63) is 16.4 Å². The van der Waals surface area contributed by atoms with Crippen LogP contribution in [0.15, 0.2) is 11.4 Å². The number of nitriles is 1. The molecule has 2 rings (SSSR count). The van der Waals surface area contributed by atoms with Gasteiger partial charge in [-0.3, -0.25) is 10.1 Å². The number of anilines is 1. The van der Waals surface area contributed by atoms with E-state index in [0.29, 0.717) is 38.1 Å². The fourth-order valence-electron chi connectivity index (χ4n) is 1.64. The van der Waals surface area contributed by atoms with Gasteiger partial charge in [0.2, 0.25) is 5.82 Å². The van der Waals surface area contributed by atoms with Gasteiger partial charge < -0.3 is 9.64 Å². The van der Waals surface area contributed by atoms with Crippen molar-refractivity contribution >= 4 is 23.3 Å². The molecule has 0 spiro atoms. The lowest BCUT2D eigenvalue weighted by molar-refractivity contribution is -0.387. The minimum absolute atomic E-state index is 0.0685. The van der Waals surface area contributed by atoms with Crippen LogP contribution in [0.4, 0.5) is 11.5 Å². The van der Waals surface area contributed by atoms with E-state index in [-0.39, 0.29) is 16.5 Å². The van der Waals surface area contributed by atoms with Crippen molar-refractivity contribution in [3.63, 3.8) is 0 Å². The number of thiocyanates is 1. The maximum absolute atomic E-state index is 11.1. The second-order valence-corrected chi connectivity index (χ2v) is 4.17. The summed E-state index contributed by atoms with van der Waals surface area (Å²) in [5, 5.41) is 21.6. The van der Waals surface area contributed by atoms with Crippen LogP contribution in [-0.2, 0) is 4.74 Å². The molecule has 0 bridgehead atoms. The van der Waals surface area contributed by atoms with E-state index in [0.717, 1.165) is 0 Å². The molecule has 1 fully saturated rings. The highest BCUT2D eigenvalue weighted by molar-refractivity contribution is 8.03. The zero-order chi connectivity index (χ0) is 13.0. The second-order valence-electron chi connectivity index (χ2n) is 3.40. The lowest BCUT2D eigenvalue weighted by Gasteiger charge is -2.27. The molecule has 0 saturated carbocycles. The van der Waals surface area contributed by atoms with Crippen LogP contribution in [0.25, 0.3) is 0 Å². The summed E-state index contributed by atoms with van der Waals surface area (Å²) in [7, 11) is 0. The summed E-state index contributed by atoms with van der Waals surface area (Å²) < 4.78 is 5.19. The van der Waals surface area contributed by atoms with Crippen LogP contribution in [0.3, 0.4) is 0 Å². The maximum atomic E-state index is 11.1. The SMILES string of the molecule is N#CSc1ncnc(N2CCOCC2)c1[N+](=O)[O-]. The quantitative estimate of drug-likeness (QED) is 0.260. The standard InChI is InChI=1S/C9H9N5O3S/c10-5-18-9-7(14(15)16)8(11-6-12-9)13-1-3-17-4-2-13/h6H,1-4H2. The van der Waals surface area contributed by atoms with Crippen molar-refractivity contribution < 1.29 is 9.66 Å². The minimum Gasteiger partial charge on any atom is -0.378 e. The van der Waals surface area contributed by atoms with Crippen LogP contribution in [0.1, 0.15) is 0 Å². The molecule has 8 nitrogen and oxygen atoms in total. The molecule has 1 aromatic rings. The number of morpholine rings is 1. The first-order valence-corrected chi connectivity index (χ1v) is 5.93. The molecule has 0 unspecified atom stereocenters. The van der Waals surface area contributed by atoms with Gasteiger partial charge in [0.25, 0.3) is 0 Å². The largest absolute Gasteiger partial charge is 0.378 e. The van der Waals surface area contributed by atoms with Gasteiger partial charge in [-0.2, -0.15) is 5.26 Å². The Balaban J connectivity index is 2.42. The van der Waals surface area contributed by atoms with Gasteiger partial charge in [0.15, 0.2) is 5.03 Å². The summed E-state index contributed by atoms with van der Waals surface area (Å²) in [5.74, 6) is 0.246. The van der Waals surface area contributed by atoms with Crippen LogP contribution in [0.5, 0.6) is 0 Å². The van der Waals surface area contributed by atoms with E-state index < -0.39 is 4.92 Å². The van der Waals surface area contributed by atoms with E-state index in [2.05, 4.69) is 9.97 Å². The monoisotopic (exact) mass is 267 g/mol. The van der Waals surface area contributed by atoms with Crippen LogP contribution in [0.2, 0.25) is 0 Å². The van der Waals surface area contributed by atoms with E-state index in [4.69, 9.17) is 10.00 Å². The van der Waals surface area contributed by atoms with Crippen molar-refractivity contribution in [2.75, 3.05) is 31.2 Å². The Hall–Kier alpha value is -1.92. The zero-order valence-electron chi connectivity index (χ0n) is 9.27. The fraction of sp³-hybridized carbons (Fsp3) is 0.444. The molecule has 94 valence electrons. The number of ether oxygens (including phenoxy) is 1. The third-order valence-electron chi connectivity index (χ3n) is 2.40. The predicted octanol–water partition coefficient (Wildman–Crippen LogP) is 0.795. The Bertz CT molecular complexity index is 497. The van der Waals surface area contributed by atoms with Crippen LogP contribution in [-0.4, -0.2) is 41.2 Å². The summed E-state index contributed by atoms with van der Waals surface area (Å²) in [4.78, 5) is 20.1. The summed E-state index contributed by atoms with van der Waals surface area (Å²) in [6, 6.07) is 0. The molecule has 0 amide bonds. The van der Waals surface area contributed by atoms with E-state index in [1.165, 1.54) is 6.33 Å². The van der Waals surface area contributed by atoms with Crippen molar-refractivity contribution in [2.24, 2.45) is 0 Å². The van der Waals surface area contributed by atoms with Gasteiger partial charge in [-0.15, -0.1) is 0 Å². The molecule has 1 aliphatic rings. The van der Waals surface area contributed by atoms with E-state index in [1.54, 1.807) is 10.3 Å². The number of nitro groups is 1. The molecule has 0 aromatic carbocycles. The normalized spacial score (nSPS) is 15.2. The molecule has 2 heterocycles. The smallest absolute Gasteiger partial charge is 0.344 e. The number of thioether (sulfide) groups is 1. The van der Waals surface area contributed by atoms with E-state index >= 15 is 0 Å². The molecule has 0 atom stereocenters. The second kappa shape index (κ2) is 5.61. The van der Waals surface area contributed by atoms with Gasteiger partial charge in [0.1, 0.15) is 11.7 Å². The summed E-state index contributed by atoms with van der Waals surface area (Å²) in [6.45, 7) is 2.08. The fourth-order valence-corrected chi connectivity index (χ4v) is 2.09. The summed E-state index contributed by atoms with van der Waals surface area (Å²) in [6.07, 6.45) is 1.23. The van der Waals surface area contributed by atoms with Gasteiger partial charge in [0, 0.05) is 24.9 Å². The molecule has 0 radical (unpaired) electrons. The first kappa shape index (κ1) is 12.5. The third kappa shape index (κ3) is 2.49. The molecular formula is C9H9N5O3S. The number of nitrogens with zero attached hydrogens (tertiary/aromatic N) is 5. The molecule has 9 heteroatoms. The van der Waals surface area contributed by atoms with Crippen molar-refractivity contribution in [2.45, 2.75) is 5.03 Å². The molecule has 1 aliphatic heterocycles. The molecule has 1 aromatic heterocycles. The van der Waals surface area contributed by atoms with Crippen LogP contribution < -0.4 is 4.90 Å². The summed E-state index contributed by atoms with van der Waals surface area (Å²) >= 11 is 0.663. The third-order valence-corrected chi connectivity index (χ3v) is 2.99. The Morgan fingerprint density at radius 2 is 2.22 bits per heavy atom. The molecule has 18 heavy (non-hydrogen) atoms. The molecule has 0 N–H and O–H groups in total. The predicted molar refractivity (Wildman–Crippen MR) is 63.2 cm³/mol. The highest BCUT2D eigenvalue weighted by atomic mass is 32.2. The lowest BCUT2D eigenvalue weighted by Crippen LogP contribution is -2.37. The summed E-state index contributed by atoms with van der Waals surface area (Å²) in [5.41, 5.74) is -0.217. The van der Waals surface area contributed by atoms with Gasteiger partial charge in [0.05, 0.1) is 18.1 Å². The van der Waals surface area contributed by atoms with Gasteiger partial charge in [-0.25, -0.2) is 9.97 Å². The highest BCUT2D eigenvalue weighted by Gasteiger charge is 2.28. The first-order chi connectivity index (χ1) is 8.74. The first-order valence-electron chi connectivity index (χ1n) is 5.12. The van der Waals surface area contributed by atoms with Crippen molar-refractivity contribution in [1.82, 2.24) is 9.97 Å². The van der Waals surface area contributed by atoms with Crippen molar-refractivity contribution in [3.8, 4) is 5.40 Å². The van der Waals surface area contributed by atoms with Gasteiger partial charge in [-0.1, -0.05) is 0 Å². The Labute approximate surface area is 107 Å². The lowest BCUT2D eigenvalue weighted by atomic mass is 10.3. The number of aromatic nitrogens is 2. The Morgan fingerprint density at radius 1 is 1.50 bits per heavy atom. The van der Waals surface area contributed by atoms with Gasteiger partial charge in [-0.05, 0) is 0 Å². The van der Waals surface area contributed by atoms with E-state index in [9.17, 15) is 10.1 Å².